The molecule has 0 saturated carbocycles. The van der Waals surface area contributed by atoms with Gasteiger partial charge in [0.15, 0.2) is 0 Å². The van der Waals surface area contributed by atoms with Crippen molar-refractivity contribution >= 4 is 13.6 Å². The Bertz CT molecular complexity index is 928. The van der Waals surface area contributed by atoms with Crippen molar-refractivity contribution in [2.24, 2.45) is 0 Å². The third-order valence-corrected chi connectivity index (χ3v) is 7.04. The highest BCUT2D eigenvalue weighted by molar-refractivity contribution is 7.58. The normalized spacial score (nSPS) is 22.3. The Hall–Kier alpha value is -2.09. The number of halogens is 3. The van der Waals surface area contributed by atoms with Gasteiger partial charge in [0.2, 0.25) is 0 Å². The molecule has 6 nitrogen and oxygen atoms in total. The quantitative estimate of drug-likeness (QED) is 0.553. The largest absolute Gasteiger partial charge is 0.466 e. The van der Waals surface area contributed by atoms with E-state index in [4.69, 9.17) is 13.8 Å². The van der Waals surface area contributed by atoms with Gasteiger partial charge in [-0.25, -0.2) is 4.79 Å². The minimum Gasteiger partial charge on any atom is -0.466 e. The maximum Gasteiger partial charge on any atom is 0.416 e. The molecular weight excluding hydrogens is 410 g/mol. The van der Waals surface area contributed by atoms with E-state index in [-0.39, 0.29) is 29.7 Å². The SMILES string of the molecule is COC(=O)C1=C(C)NC(C)=C(P2(=O)OCCCO2)C1c1ccccc1C(F)(F)F. The maximum absolute atomic E-state index is 13.8. The molecule has 0 bridgehead atoms. The van der Waals surface area contributed by atoms with Gasteiger partial charge in [-0.1, -0.05) is 18.2 Å². The lowest BCUT2D eigenvalue weighted by molar-refractivity contribution is -0.139. The van der Waals surface area contributed by atoms with Crippen molar-refractivity contribution in [2.45, 2.75) is 32.4 Å². The van der Waals surface area contributed by atoms with E-state index in [2.05, 4.69) is 5.32 Å². The molecule has 3 rings (SSSR count). The van der Waals surface area contributed by atoms with E-state index in [1.54, 1.807) is 13.8 Å². The highest BCUT2D eigenvalue weighted by atomic mass is 31.2. The summed E-state index contributed by atoms with van der Waals surface area (Å²) in [4.78, 5) is 12.6. The maximum atomic E-state index is 13.8. The van der Waals surface area contributed by atoms with Gasteiger partial charge in [-0.3, -0.25) is 4.57 Å². The molecule has 0 radical (unpaired) electrons. The minimum absolute atomic E-state index is 0.0140. The van der Waals surface area contributed by atoms with Crippen LogP contribution in [0.3, 0.4) is 0 Å². The number of hydrogen-bond acceptors (Lipinski definition) is 6. The molecule has 29 heavy (non-hydrogen) atoms. The fourth-order valence-electron chi connectivity index (χ4n) is 3.64. The van der Waals surface area contributed by atoms with Gasteiger partial charge < -0.3 is 19.1 Å². The van der Waals surface area contributed by atoms with Gasteiger partial charge in [-0.05, 0) is 31.9 Å². The smallest absolute Gasteiger partial charge is 0.416 e. The van der Waals surface area contributed by atoms with Gasteiger partial charge in [0.1, 0.15) is 0 Å². The zero-order valence-corrected chi connectivity index (χ0v) is 17.0. The first-order valence-electron chi connectivity index (χ1n) is 8.93. The van der Waals surface area contributed by atoms with Crippen LogP contribution in [0.4, 0.5) is 13.2 Å². The molecule has 1 aromatic rings. The number of hydrogen-bond donors (Lipinski definition) is 1. The molecule has 1 aromatic carbocycles. The molecule has 10 heteroatoms. The second-order valence-corrected chi connectivity index (χ2v) is 8.69. The summed E-state index contributed by atoms with van der Waals surface area (Å²) in [6.45, 7) is 3.39. The van der Waals surface area contributed by atoms with Gasteiger partial charge in [0, 0.05) is 11.4 Å². The van der Waals surface area contributed by atoms with Gasteiger partial charge in [0.25, 0.3) is 0 Å². The third-order valence-electron chi connectivity index (χ3n) is 4.81. The molecule has 1 saturated heterocycles. The summed E-state index contributed by atoms with van der Waals surface area (Å²) in [6.07, 6.45) is -4.18. The zero-order valence-electron chi connectivity index (χ0n) is 16.1. The number of rotatable bonds is 3. The number of carbonyl (C=O) groups is 1. The zero-order chi connectivity index (χ0) is 21.4. The Kier molecular flexibility index (Phi) is 5.94. The minimum atomic E-state index is -4.68. The van der Waals surface area contributed by atoms with Crippen LogP contribution in [0.2, 0.25) is 0 Å². The number of benzene rings is 1. The van der Waals surface area contributed by atoms with Gasteiger partial charge in [0.05, 0.1) is 42.7 Å². The molecular formula is C19H21F3NO5P. The number of alkyl halides is 3. The van der Waals surface area contributed by atoms with Crippen molar-refractivity contribution in [3.05, 3.63) is 57.7 Å². The summed E-state index contributed by atoms with van der Waals surface area (Å²) in [5, 5.41) is 2.91. The monoisotopic (exact) mass is 431 g/mol. The van der Waals surface area contributed by atoms with Crippen LogP contribution in [0.25, 0.3) is 0 Å². The first-order chi connectivity index (χ1) is 13.6. The summed E-state index contributed by atoms with van der Waals surface area (Å²) < 4.78 is 70.5. The average Bonchev–Trinajstić information content (AvgIpc) is 2.66. The van der Waals surface area contributed by atoms with E-state index in [0.717, 1.165) is 13.2 Å². The number of esters is 1. The van der Waals surface area contributed by atoms with Crippen LogP contribution in [0.15, 0.2) is 46.5 Å². The molecule has 1 fully saturated rings. The highest BCUT2D eigenvalue weighted by Gasteiger charge is 2.48. The van der Waals surface area contributed by atoms with Crippen LogP contribution in [-0.4, -0.2) is 26.3 Å². The predicted octanol–water partition coefficient (Wildman–Crippen LogP) is 4.70. The molecule has 1 unspecified atom stereocenters. The van der Waals surface area contributed by atoms with E-state index in [1.807, 2.05) is 0 Å². The lowest BCUT2D eigenvalue weighted by Gasteiger charge is -2.36. The molecule has 2 aliphatic rings. The van der Waals surface area contributed by atoms with Crippen LogP contribution in [0.5, 0.6) is 0 Å². The summed E-state index contributed by atoms with van der Waals surface area (Å²) in [5.41, 5.74) is -0.595. The van der Waals surface area contributed by atoms with Crippen molar-refractivity contribution in [3.8, 4) is 0 Å². The van der Waals surface area contributed by atoms with E-state index in [1.165, 1.54) is 18.2 Å². The van der Waals surface area contributed by atoms with Crippen molar-refractivity contribution in [2.75, 3.05) is 20.3 Å². The van der Waals surface area contributed by atoms with E-state index >= 15 is 0 Å². The van der Waals surface area contributed by atoms with Gasteiger partial charge in [-0.2, -0.15) is 13.2 Å². The fourth-order valence-corrected chi connectivity index (χ4v) is 5.78. The van der Waals surface area contributed by atoms with E-state index in [9.17, 15) is 22.5 Å². The predicted molar refractivity (Wildman–Crippen MR) is 98.9 cm³/mol. The molecule has 0 aliphatic carbocycles. The Morgan fingerprint density at radius 1 is 1.17 bits per heavy atom. The van der Waals surface area contributed by atoms with Crippen molar-refractivity contribution in [1.82, 2.24) is 5.32 Å². The summed E-state index contributed by atoms with van der Waals surface area (Å²) in [7, 11) is -2.81. The highest BCUT2D eigenvalue weighted by Crippen LogP contribution is 2.65. The number of nitrogens with one attached hydrogen (secondary N) is 1. The van der Waals surface area contributed by atoms with Crippen LogP contribution >= 0.6 is 7.60 Å². The third kappa shape index (κ3) is 3.99. The summed E-state index contributed by atoms with van der Waals surface area (Å²) in [5.74, 6) is -2.13. The van der Waals surface area contributed by atoms with Crippen LogP contribution < -0.4 is 5.32 Å². The number of ether oxygens (including phenoxy) is 1. The Balaban J connectivity index is 2.30. The lowest BCUT2D eigenvalue weighted by atomic mass is 9.84. The van der Waals surface area contributed by atoms with Crippen molar-refractivity contribution < 1.29 is 36.3 Å². The summed E-state index contributed by atoms with van der Waals surface area (Å²) in [6, 6.07) is 4.88. The van der Waals surface area contributed by atoms with Crippen molar-refractivity contribution in [1.29, 1.82) is 0 Å². The second kappa shape index (κ2) is 7.97. The topological polar surface area (TPSA) is 73.9 Å². The van der Waals surface area contributed by atoms with E-state index in [0.29, 0.717) is 17.8 Å². The number of carbonyl (C=O) groups excluding carboxylic acids is 1. The molecule has 2 aliphatic heterocycles. The molecule has 0 aromatic heterocycles. The van der Waals surface area contributed by atoms with Crippen LogP contribution in [0, 0.1) is 0 Å². The second-order valence-electron chi connectivity index (χ2n) is 6.70. The molecule has 1 atom stereocenters. The van der Waals surface area contributed by atoms with Crippen LogP contribution in [-0.2, 0) is 29.3 Å². The summed E-state index contributed by atoms with van der Waals surface area (Å²) >= 11 is 0. The molecule has 1 N–H and O–H groups in total. The first-order valence-corrected chi connectivity index (χ1v) is 10.5. The average molecular weight is 431 g/mol. The lowest BCUT2D eigenvalue weighted by Crippen LogP contribution is -2.31. The molecule has 0 amide bonds. The van der Waals surface area contributed by atoms with Gasteiger partial charge >= 0.3 is 19.7 Å². The number of dihydropyridines is 1. The molecule has 0 spiro atoms. The number of allylic oxidation sites excluding steroid dienone is 3. The Morgan fingerprint density at radius 2 is 1.79 bits per heavy atom. The Morgan fingerprint density at radius 3 is 2.38 bits per heavy atom. The Labute approximate surface area is 166 Å². The van der Waals surface area contributed by atoms with Crippen molar-refractivity contribution in [3.63, 3.8) is 0 Å². The number of methoxy groups -OCH3 is 1. The van der Waals surface area contributed by atoms with Gasteiger partial charge in [-0.15, -0.1) is 0 Å². The van der Waals surface area contributed by atoms with Crippen LogP contribution in [0.1, 0.15) is 37.3 Å². The molecule has 158 valence electrons. The van der Waals surface area contributed by atoms with E-state index < -0.39 is 31.2 Å². The first kappa shape index (κ1) is 21.6. The fraction of sp³-hybridized carbons (Fsp3) is 0.421. The standard InChI is InChI=1S/C19H21F3NO5P/c1-11-15(18(24)26-3)16(13-7-4-5-8-14(13)19(20,21)22)17(12(2)23-11)29(25)27-9-6-10-28-29/h4-5,7-8,16,23H,6,9-10H2,1-3H3. The molecule has 2 heterocycles.